The van der Waals surface area contributed by atoms with Crippen molar-refractivity contribution >= 4 is 11.0 Å². The molecule has 4 aromatic rings. The van der Waals surface area contributed by atoms with Crippen LogP contribution < -0.4 is 4.68 Å². The molecule has 2 aromatic carbocycles. The van der Waals surface area contributed by atoms with Crippen molar-refractivity contribution in [2.75, 3.05) is 0 Å². The van der Waals surface area contributed by atoms with Crippen molar-refractivity contribution in [2.45, 2.75) is 51.9 Å². The topological polar surface area (TPSA) is 26.6 Å². The molecule has 0 radical (unpaired) electrons. The number of para-hydroxylation sites is 1. The Hall–Kier alpha value is -2.88. The summed E-state index contributed by atoms with van der Waals surface area (Å²) in [5.74, 6) is 1.16. The lowest BCUT2D eigenvalue weighted by molar-refractivity contribution is -0.745. The van der Waals surface area contributed by atoms with Crippen LogP contribution in [0.15, 0.2) is 42.6 Å². The molecule has 6 rings (SSSR count). The van der Waals surface area contributed by atoms with E-state index in [1.165, 1.54) is 39.3 Å². The molecule has 0 aliphatic carbocycles. The molecule has 0 unspecified atom stereocenters. The Balaban J connectivity index is 1.85. The summed E-state index contributed by atoms with van der Waals surface area (Å²) < 4.78 is 7.06. The number of hydrogen-bond donors (Lipinski definition) is 0. The van der Waals surface area contributed by atoms with E-state index in [0.717, 1.165) is 17.8 Å². The molecule has 4 heterocycles. The average molecular weight is 384 g/mol. The first-order chi connectivity index (χ1) is 13.7. The van der Waals surface area contributed by atoms with E-state index in [1.807, 2.05) is 0 Å². The van der Waals surface area contributed by atoms with Gasteiger partial charge in [-0.1, -0.05) is 45.9 Å². The molecule has 0 N–H and O–H groups in total. The molecule has 2 aromatic heterocycles. The minimum atomic E-state index is -0.0533. The predicted octanol–water partition coefficient (Wildman–Crippen LogP) is 4.42. The first kappa shape index (κ1) is 17.0. The van der Waals surface area contributed by atoms with Gasteiger partial charge in [-0.15, -0.1) is 9.36 Å². The molecule has 146 valence electrons. The molecule has 0 bridgehead atoms. The highest BCUT2D eigenvalue weighted by Crippen LogP contribution is 2.53. The highest BCUT2D eigenvalue weighted by atomic mass is 15.4. The maximum atomic E-state index is 5.10. The van der Waals surface area contributed by atoms with E-state index in [1.54, 1.807) is 0 Å². The van der Waals surface area contributed by atoms with E-state index in [2.05, 4.69) is 98.2 Å². The van der Waals surface area contributed by atoms with Crippen LogP contribution >= 0.6 is 0 Å². The van der Waals surface area contributed by atoms with Crippen LogP contribution in [0.2, 0.25) is 0 Å². The van der Waals surface area contributed by atoms with Crippen LogP contribution in [0.1, 0.15) is 55.9 Å². The van der Waals surface area contributed by atoms with Gasteiger partial charge in [0.15, 0.2) is 13.2 Å². The summed E-state index contributed by atoms with van der Waals surface area (Å²) >= 11 is 0. The van der Waals surface area contributed by atoms with Crippen molar-refractivity contribution in [3.05, 3.63) is 70.8 Å². The zero-order valence-electron chi connectivity index (χ0n) is 18.0. The molecule has 0 saturated heterocycles. The zero-order valence-corrected chi connectivity index (χ0v) is 18.0. The SMILES string of the molecule is Cc1cc2nc3n(c2c2c1-n1c(cc[n+]1C)C(C)(C)C2(C)C)-c1ccccc1C3. The second-order valence-electron chi connectivity index (χ2n) is 9.79. The highest BCUT2D eigenvalue weighted by Gasteiger charge is 2.51. The van der Waals surface area contributed by atoms with Gasteiger partial charge in [-0.25, -0.2) is 4.98 Å². The van der Waals surface area contributed by atoms with E-state index < -0.39 is 0 Å². The molecule has 0 spiro atoms. The summed E-state index contributed by atoms with van der Waals surface area (Å²) in [6.45, 7) is 11.8. The molecule has 2 aliphatic rings. The number of fused-ring (bicyclic) bond motifs is 9. The van der Waals surface area contributed by atoms with Crippen molar-refractivity contribution in [3.8, 4) is 11.4 Å². The molecule has 4 heteroatoms. The van der Waals surface area contributed by atoms with Crippen molar-refractivity contribution in [2.24, 2.45) is 7.05 Å². The number of hydrogen-bond acceptors (Lipinski definition) is 1. The highest BCUT2D eigenvalue weighted by molar-refractivity contribution is 5.89. The van der Waals surface area contributed by atoms with E-state index in [0.29, 0.717) is 0 Å². The van der Waals surface area contributed by atoms with Crippen LogP contribution in [0.4, 0.5) is 0 Å². The monoisotopic (exact) mass is 383 g/mol. The summed E-state index contributed by atoms with van der Waals surface area (Å²) in [7, 11) is 2.14. The Morgan fingerprint density at radius 2 is 1.79 bits per heavy atom. The smallest absolute Gasteiger partial charge is 0.196 e. The summed E-state index contributed by atoms with van der Waals surface area (Å²) in [6, 6.07) is 13.3. The number of rotatable bonds is 0. The molecule has 2 aliphatic heterocycles. The largest absolute Gasteiger partial charge is 0.295 e. The molecular weight excluding hydrogens is 356 g/mol. The maximum Gasteiger partial charge on any atom is 0.196 e. The number of nitrogens with zero attached hydrogens (tertiary/aromatic N) is 4. The van der Waals surface area contributed by atoms with Crippen LogP contribution in [0.5, 0.6) is 0 Å². The summed E-state index contributed by atoms with van der Waals surface area (Å²) in [4.78, 5) is 5.10. The minimum absolute atomic E-state index is 0.0230. The van der Waals surface area contributed by atoms with Gasteiger partial charge in [0.25, 0.3) is 0 Å². The van der Waals surface area contributed by atoms with Crippen molar-refractivity contribution in [3.63, 3.8) is 0 Å². The molecule has 29 heavy (non-hydrogen) atoms. The lowest BCUT2D eigenvalue weighted by atomic mass is 9.60. The Kier molecular flexibility index (Phi) is 2.93. The van der Waals surface area contributed by atoms with E-state index in [-0.39, 0.29) is 10.8 Å². The third-order valence-corrected chi connectivity index (χ3v) is 7.79. The van der Waals surface area contributed by atoms with E-state index in [4.69, 9.17) is 4.98 Å². The molecule has 0 atom stereocenters. The normalized spacial score (nSPS) is 17.7. The molecular formula is C25H27N4+. The third kappa shape index (κ3) is 1.81. The lowest BCUT2D eigenvalue weighted by Crippen LogP contribution is -2.51. The number of imidazole rings is 1. The Morgan fingerprint density at radius 3 is 2.59 bits per heavy atom. The average Bonchev–Trinajstić information content (AvgIpc) is 3.30. The first-order valence-electron chi connectivity index (χ1n) is 10.5. The number of aromatic nitrogens is 4. The van der Waals surface area contributed by atoms with Gasteiger partial charge in [0.2, 0.25) is 0 Å². The Bertz CT molecular complexity index is 1350. The van der Waals surface area contributed by atoms with Crippen LogP contribution in [-0.4, -0.2) is 14.2 Å². The zero-order chi connectivity index (χ0) is 20.3. The van der Waals surface area contributed by atoms with E-state index >= 15 is 0 Å². The van der Waals surface area contributed by atoms with Gasteiger partial charge >= 0.3 is 0 Å². The van der Waals surface area contributed by atoms with Gasteiger partial charge in [-0.3, -0.25) is 4.57 Å². The van der Waals surface area contributed by atoms with Crippen molar-refractivity contribution in [1.29, 1.82) is 0 Å². The number of aryl methyl sites for hydroxylation is 2. The van der Waals surface area contributed by atoms with E-state index in [9.17, 15) is 0 Å². The molecule has 0 saturated carbocycles. The lowest BCUT2D eigenvalue weighted by Gasteiger charge is -2.46. The van der Waals surface area contributed by atoms with Gasteiger partial charge in [-0.2, -0.15) is 0 Å². The Morgan fingerprint density at radius 1 is 1.03 bits per heavy atom. The second-order valence-corrected chi connectivity index (χ2v) is 9.79. The van der Waals surface area contributed by atoms with Crippen LogP contribution in [0, 0.1) is 6.92 Å². The van der Waals surface area contributed by atoms with Gasteiger partial charge in [0, 0.05) is 28.9 Å². The van der Waals surface area contributed by atoms with Gasteiger partial charge in [-0.05, 0) is 30.2 Å². The Labute approximate surface area is 171 Å². The fraction of sp³-hybridized carbons (Fsp3) is 0.360. The quantitative estimate of drug-likeness (QED) is 0.364. The van der Waals surface area contributed by atoms with Gasteiger partial charge in [0.05, 0.1) is 22.4 Å². The van der Waals surface area contributed by atoms with Gasteiger partial charge in [0.1, 0.15) is 11.5 Å². The fourth-order valence-corrected chi connectivity index (χ4v) is 5.57. The number of benzene rings is 2. The van der Waals surface area contributed by atoms with Crippen molar-refractivity contribution < 1.29 is 4.68 Å². The summed E-state index contributed by atoms with van der Waals surface area (Å²) in [5.41, 5.74) is 10.3. The standard InChI is InChI=1S/C25H27N4/c1-15-13-17-23(28-18-10-8-7-9-16(18)14-20(28)26-17)21-22(15)29-19(11-12-27(29)6)24(2,3)25(21,4)5/h7-13H,14H2,1-6H3/q+1. The second kappa shape index (κ2) is 4.99. The molecule has 0 amide bonds. The third-order valence-electron chi connectivity index (χ3n) is 7.79. The maximum absolute atomic E-state index is 5.10. The molecule has 0 fully saturated rings. The van der Waals surface area contributed by atoms with Crippen LogP contribution in [0.25, 0.3) is 22.4 Å². The van der Waals surface area contributed by atoms with Crippen molar-refractivity contribution in [1.82, 2.24) is 14.2 Å². The summed E-state index contributed by atoms with van der Waals surface area (Å²) in [6.07, 6.45) is 3.09. The fourth-order valence-electron chi connectivity index (χ4n) is 5.57. The summed E-state index contributed by atoms with van der Waals surface area (Å²) in [5, 5.41) is 0. The van der Waals surface area contributed by atoms with Gasteiger partial charge < -0.3 is 0 Å². The first-order valence-corrected chi connectivity index (χ1v) is 10.5. The van der Waals surface area contributed by atoms with Crippen LogP contribution in [-0.2, 0) is 24.3 Å². The predicted molar refractivity (Wildman–Crippen MR) is 115 cm³/mol. The minimum Gasteiger partial charge on any atom is -0.295 e. The van der Waals surface area contributed by atoms with Crippen LogP contribution in [0.3, 0.4) is 0 Å². The molecule has 4 nitrogen and oxygen atoms in total.